The third-order valence-electron chi connectivity index (χ3n) is 3.91. The fourth-order valence-corrected chi connectivity index (χ4v) is 3.90. The normalized spacial score (nSPS) is 21.7. The Morgan fingerprint density at radius 2 is 2.24 bits per heavy atom. The smallest absolute Gasteiger partial charge is 0.269 e. The van der Waals surface area contributed by atoms with Crippen molar-refractivity contribution >= 4 is 23.4 Å². The molecule has 21 heavy (non-hydrogen) atoms. The van der Waals surface area contributed by atoms with Crippen LogP contribution in [-0.2, 0) is 11.3 Å². The zero-order chi connectivity index (χ0) is 14.7. The Labute approximate surface area is 127 Å². The van der Waals surface area contributed by atoms with Gasteiger partial charge in [-0.1, -0.05) is 0 Å². The minimum Gasteiger partial charge on any atom is -0.370 e. The Morgan fingerprint density at radius 1 is 1.43 bits per heavy atom. The Bertz CT molecular complexity index is 562. The molecule has 0 radical (unpaired) electrons. The third-order valence-corrected chi connectivity index (χ3v) is 5.08. The topological polar surface area (TPSA) is 67.2 Å². The van der Waals surface area contributed by atoms with Gasteiger partial charge in [-0.15, -0.1) is 0 Å². The van der Waals surface area contributed by atoms with Gasteiger partial charge in [-0.3, -0.25) is 9.59 Å². The van der Waals surface area contributed by atoms with Crippen molar-refractivity contribution in [2.45, 2.75) is 31.8 Å². The van der Waals surface area contributed by atoms with Gasteiger partial charge in [0.05, 0.1) is 11.9 Å². The molecule has 2 aliphatic rings. The summed E-state index contributed by atoms with van der Waals surface area (Å²) in [5.74, 6) is 1.92. The van der Waals surface area contributed by atoms with Gasteiger partial charge in [0.15, 0.2) is 0 Å². The summed E-state index contributed by atoms with van der Waals surface area (Å²) < 4.78 is 1.23. The van der Waals surface area contributed by atoms with Gasteiger partial charge in [0, 0.05) is 31.0 Å². The van der Waals surface area contributed by atoms with E-state index >= 15 is 0 Å². The molecule has 2 aliphatic heterocycles. The molecule has 1 amide bonds. The Kier molecular flexibility index (Phi) is 4.48. The first-order chi connectivity index (χ1) is 10.2. The summed E-state index contributed by atoms with van der Waals surface area (Å²) in [4.78, 5) is 26.2. The molecule has 2 saturated heterocycles. The first-order valence-corrected chi connectivity index (χ1v) is 8.57. The summed E-state index contributed by atoms with van der Waals surface area (Å²) in [6.45, 7) is 1.95. The Morgan fingerprint density at radius 3 is 2.90 bits per heavy atom. The standard InChI is InChI=1S/C14H20N4O2S/c19-13(16-11-3-6-21-10-11)9-18-14(20)7-12(8-15-18)17-4-1-2-5-17/h7-8,11H,1-6,9-10H2,(H,16,19). The maximum absolute atomic E-state index is 12.1. The number of carbonyl (C=O) groups is 1. The van der Waals surface area contributed by atoms with Crippen LogP contribution in [0.1, 0.15) is 19.3 Å². The highest BCUT2D eigenvalue weighted by atomic mass is 32.2. The number of anilines is 1. The lowest BCUT2D eigenvalue weighted by molar-refractivity contribution is -0.122. The molecule has 3 heterocycles. The molecule has 2 fully saturated rings. The van der Waals surface area contributed by atoms with Crippen LogP contribution in [0.2, 0.25) is 0 Å². The molecule has 0 bridgehead atoms. The molecule has 0 aliphatic carbocycles. The summed E-state index contributed by atoms with van der Waals surface area (Å²) >= 11 is 1.85. The van der Waals surface area contributed by atoms with E-state index in [1.165, 1.54) is 4.68 Å². The highest BCUT2D eigenvalue weighted by Gasteiger charge is 2.18. The lowest BCUT2D eigenvalue weighted by Gasteiger charge is -2.17. The number of carbonyl (C=O) groups excluding carboxylic acids is 1. The van der Waals surface area contributed by atoms with Crippen molar-refractivity contribution < 1.29 is 4.79 Å². The molecule has 1 aromatic rings. The van der Waals surface area contributed by atoms with E-state index in [1.807, 2.05) is 11.8 Å². The van der Waals surface area contributed by atoms with E-state index in [0.717, 1.165) is 49.5 Å². The Balaban J connectivity index is 1.62. The van der Waals surface area contributed by atoms with E-state index < -0.39 is 0 Å². The highest BCUT2D eigenvalue weighted by Crippen LogP contribution is 2.17. The van der Waals surface area contributed by atoms with Gasteiger partial charge in [0.1, 0.15) is 6.54 Å². The maximum atomic E-state index is 12.1. The molecular formula is C14H20N4O2S. The fraction of sp³-hybridized carbons (Fsp3) is 0.643. The molecule has 7 heteroatoms. The van der Waals surface area contributed by atoms with E-state index in [-0.39, 0.29) is 24.1 Å². The second-order valence-corrected chi connectivity index (χ2v) is 6.68. The molecule has 1 N–H and O–H groups in total. The van der Waals surface area contributed by atoms with Crippen LogP contribution in [0.4, 0.5) is 5.69 Å². The average molecular weight is 308 g/mol. The van der Waals surface area contributed by atoms with Crippen molar-refractivity contribution in [1.29, 1.82) is 0 Å². The van der Waals surface area contributed by atoms with Crippen LogP contribution in [-0.4, -0.2) is 46.3 Å². The van der Waals surface area contributed by atoms with Gasteiger partial charge in [-0.2, -0.15) is 16.9 Å². The van der Waals surface area contributed by atoms with Crippen LogP contribution < -0.4 is 15.8 Å². The van der Waals surface area contributed by atoms with Crippen LogP contribution >= 0.6 is 11.8 Å². The van der Waals surface area contributed by atoms with Crippen LogP contribution in [0.3, 0.4) is 0 Å². The van der Waals surface area contributed by atoms with Crippen molar-refractivity contribution in [2.24, 2.45) is 0 Å². The number of hydrogen-bond donors (Lipinski definition) is 1. The van der Waals surface area contributed by atoms with E-state index in [1.54, 1.807) is 12.3 Å². The van der Waals surface area contributed by atoms with Crippen molar-refractivity contribution in [3.8, 4) is 0 Å². The summed E-state index contributed by atoms with van der Waals surface area (Å²) in [5, 5.41) is 7.09. The number of hydrogen-bond acceptors (Lipinski definition) is 5. The zero-order valence-corrected chi connectivity index (χ0v) is 12.8. The van der Waals surface area contributed by atoms with Gasteiger partial charge in [-0.05, 0) is 25.0 Å². The largest absolute Gasteiger partial charge is 0.370 e. The van der Waals surface area contributed by atoms with Gasteiger partial charge in [0.25, 0.3) is 5.56 Å². The van der Waals surface area contributed by atoms with Crippen molar-refractivity contribution in [3.05, 3.63) is 22.6 Å². The molecule has 0 spiro atoms. The summed E-state index contributed by atoms with van der Waals surface area (Å²) in [5.41, 5.74) is 0.650. The van der Waals surface area contributed by atoms with Gasteiger partial charge < -0.3 is 10.2 Å². The lowest BCUT2D eigenvalue weighted by atomic mass is 10.2. The molecule has 0 saturated carbocycles. The summed E-state index contributed by atoms with van der Waals surface area (Å²) in [6.07, 6.45) is 5.01. The van der Waals surface area contributed by atoms with Crippen molar-refractivity contribution in [2.75, 3.05) is 29.5 Å². The summed E-state index contributed by atoms with van der Waals surface area (Å²) in [6, 6.07) is 1.82. The number of nitrogens with zero attached hydrogens (tertiary/aromatic N) is 3. The SMILES string of the molecule is O=C(Cn1ncc(N2CCCC2)cc1=O)NC1CCSC1. The van der Waals surface area contributed by atoms with Gasteiger partial charge in [-0.25, -0.2) is 4.68 Å². The van der Waals surface area contributed by atoms with Crippen LogP contribution in [0.25, 0.3) is 0 Å². The van der Waals surface area contributed by atoms with Gasteiger partial charge in [0.2, 0.25) is 5.91 Å². The molecule has 6 nitrogen and oxygen atoms in total. The van der Waals surface area contributed by atoms with E-state index in [4.69, 9.17) is 0 Å². The van der Waals surface area contributed by atoms with Crippen molar-refractivity contribution in [1.82, 2.24) is 15.1 Å². The summed E-state index contributed by atoms with van der Waals surface area (Å²) in [7, 11) is 0. The number of aromatic nitrogens is 2. The van der Waals surface area contributed by atoms with Crippen LogP contribution in [0.15, 0.2) is 17.1 Å². The van der Waals surface area contributed by atoms with Crippen molar-refractivity contribution in [3.63, 3.8) is 0 Å². The molecule has 0 aromatic carbocycles. The molecule has 1 unspecified atom stereocenters. The second-order valence-electron chi connectivity index (χ2n) is 5.53. The van der Waals surface area contributed by atoms with E-state index in [9.17, 15) is 9.59 Å². The van der Waals surface area contributed by atoms with E-state index in [2.05, 4.69) is 15.3 Å². The predicted molar refractivity (Wildman–Crippen MR) is 83.8 cm³/mol. The van der Waals surface area contributed by atoms with E-state index in [0.29, 0.717) is 0 Å². The molecule has 1 aromatic heterocycles. The minimum absolute atomic E-state index is 0.000278. The van der Waals surface area contributed by atoms with Crippen LogP contribution in [0.5, 0.6) is 0 Å². The highest BCUT2D eigenvalue weighted by molar-refractivity contribution is 7.99. The second kappa shape index (κ2) is 6.51. The third kappa shape index (κ3) is 3.58. The predicted octanol–water partition coefficient (Wildman–Crippen LogP) is 0.465. The average Bonchev–Trinajstić information content (AvgIpc) is 3.13. The quantitative estimate of drug-likeness (QED) is 0.875. The first kappa shape index (κ1) is 14.4. The van der Waals surface area contributed by atoms with Crippen LogP contribution in [0, 0.1) is 0 Å². The minimum atomic E-state index is -0.213. The lowest BCUT2D eigenvalue weighted by Crippen LogP contribution is -2.39. The molecule has 3 rings (SSSR count). The first-order valence-electron chi connectivity index (χ1n) is 7.41. The molecule has 114 valence electrons. The maximum Gasteiger partial charge on any atom is 0.269 e. The monoisotopic (exact) mass is 308 g/mol. The molecule has 1 atom stereocenters. The number of amides is 1. The molecular weight excluding hydrogens is 288 g/mol. The Hall–Kier alpha value is -1.50. The zero-order valence-electron chi connectivity index (χ0n) is 12.0. The number of nitrogens with one attached hydrogen (secondary N) is 1. The van der Waals surface area contributed by atoms with Gasteiger partial charge >= 0.3 is 0 Å². The number of rotatable bonds is 4. The number of thioether (sulfide) groups is 1. The fourth-order valence-electron chi connectivity index (χ4n) is 2.75.